The average molecular weight is 514 g/mol. The highest BCUT2D eigenvalue weighted by molar-refractivity contribution is 5.95. The number of piperazine rings is 1. The minimum atomic E-state index is -0.386. The zero-order valence-electron chi connectivity index (χ0n) is 22.7. The number of hydrogen-bond acceptors (Lipinski definition) is 6. The maximum Gasteiger partial charge on any atom is 0.257 e. The summed E-state index contributed by atoms with van der Waals surface area (Å²) in [4.78, 5) is 34.1. The fourth-order valence-corrected chi connectivity index (χ4v) is 5.53. The van der Waals surface area contributed by atoms with E-state index < -0.39 is 0 Å². The number of hydrogen-bond donors (Lipinski definition) is 2. The van der Waals surface area contributed by atoms with Crippen molar-refractivity contribution in [2.75, 3.05) is 36.9 Å². The number of nitrogens with two attached hydrogens (primary N) is 1. The third-order valence-electron chi connectivity index (χ3n) is 7.97. The fourth-order valence-electron chi connectivity index (χ4n) is 5.53. The summed E-state index contributed by atoms with van der Waals surface area (Å²) in [5.74, 6) is -0.386. The van der Waals surface area contributed by atoms with Crippen molar-refractivity contribution in [3.05, 3.63) is 81.5 Å². The van der Waals surface area contributed by atoms with Crippen LogP contribution >= 0.6 is 0 Å². The van der Waals surface area contributed by atoms with E-state index in [1.165, 1.54) is 0 Å². The lowest BCUT2D eigenvalue weighted by Crippen LogP contribution is -2.51. The molecule has 5 rings (SSSR count). The van der Waals surface area contributed by atoms with Crippen LogP contribution in [0.15, 0.2) is 53.6 Å². The van der Waals surface area contributed by atoms with Gasteiger partial charge in [0, 0.05) is 92.8 Å². The number of aromatic nitrogens is 3. The van der Waals surface area contributed by atoms with Gasteiger partial charge in [-0.15, -0.1) is 0 Å². The molecule has 38 heavy (non-hydrogen) atoms. The molecular weight excluding hydrogens is 478 g/mol. The first-order chi connectivity index (χ1) is 18.2. The van der Waals surface area contributed by atoms with Crippen LogP contribution in [0.5, 0.6) is 0 Å². The van der Waals surface area contributed by atoms with E-state index in [1.807, 2.05) is 38.2 Å². The minimum absolute atomic E-state index is 0.0890. The molecule has 1 saturated heterocycles. The van der Waals surface area contributed by atoms with Gasteiger partial charge in [-0.2, -0.15) is 0 Å². The number of primary amides is 1. The fraction of sp³-hybridized carbons (Fsp3) is 0.345. The van der Waals surface area contributed by atoms with Crippen molar-refractivity contribution in [3.8, 4) is 5.69 Å². The van der Waals surface area contributed by atoms with Gasteiger partial charge >= 0.3 is 0 Å². The maximum absolute atomic E-state index is 12.8. The summed E-state index contributed by atoms with van der Waals surface area (Å²) in [6.45, 7) is 9.74. The van der Waals surface area contributed by atoms with E-state index in [2.05, 4.69) is 44.6 Å². The maximum atomic E-state index is 12.8. The van der Waals surface area contributed by atoms with E-state index in [0.717, 1.165) is 71.1 Å². The Morgan fingerprint density at radius 2 is 1.89 bits per heavy atom. The Balaban J connectivity index is 1.38. The summed E-state index contributed by atoms with van der Waals surface area (Å²) < 4.78 is 3.80. The predicted molar refractivity (Wildman–Crippen MR) is 152 cm³/mol. The second-order valence-electron chi connectivity index (χ2n) is 10.1. The Morgan fingerprint density at radius 1 is 1.11 bits per heavy atom. The first-order valence-corrected chi connectivity index (χ1v) is 12.9. The average Bonchev–Trinajstić information content (AvgIpc) is 3.22. The molecule has 4 aromatic rings. The lowest BCUT2D eigenvalue weighted by atomic mass is 9.99. The number of fused-ring (bicyclic) bond motifs is 1. The second-order valence-corrected chi connectivity index (χ2v) is 10.1. The van der Waals surface area contributed by atoms with Crippen LogP contribution in [0.2, 0.25) is 0 Å². The molecule has 1 aliphatic heterocycles. The van der Waals surface area contributed by atoms with Crippen LogP contribution in [-0.2, 0) is 13.6 Å². The van der Waals surface area contributed by atoms with Crippen molar-refractivity contribution in [1.82, 2.24) is 19.0 Å². The molecule has 1 amide bonds. The smallest absolute Gasteiger partial charge is 0.257 e. The molecule has 0 radical (unpaired) electrons. The van der Waals surface area contributed by atoms with Gasteiger partial charge < -0.3 is 20.5 Å². The molecule has 1 fully saturated rings. The molecule has 1 aromatic carbocycles. The van der Waals surface area contributed by atoms with Crippen LogP contribution in [0.25, 0.3) is 16.7 Å². The van der Waals surface area contributed by atoms with E-state index >= 15 is 0 Å². The number of carbonyl (C=O) groups excluding carboxylic acids is 1. The van der Waals surface area contributed by atoms with Crippen LogP contribution in [-0.4, -0.2) is 57.6 Å². The van der Waals surface area contributed by atoms with Crippen molar-refractivity contribution >= 4 is 28.3 Å². The molecule has 0 saturated carbocycles. The lowest BCUT2D eigenvalue weighted by Gasteiger charge is -2.41. The third-order valence-corrected chi connectivity index (χ3v) is 7.97. The number of anilines is 2. The van der Waals surface area contributed by atoms with Crippen LogP contribution in [0.3, 0.4) is 0 Å². The van der Waals surface area contributed by atoms with Crippen LogP contribution < -0.4 is 21.5 Å². The number of pyridine rings is 2. The Labute approximate surface area is 222 Å². The van der Waals surface area contributed by atoms with E-state index in [-0.39, 0.29) is 11.5 Å². The summed E-state index contributed by atoms with van der Waals surface area (Å²) in [7, 11) is 3.84. The van der Waals surface area contributed by atoms with Gasteiger partial charge in [-0.1, -0.05) is 0 Å². The molecule has 3 N–H and O–H groups in total. The number of amides is 1. The molecule has 3 aromatic heterocycles. The zero-order chi connectivity index (χ0) is 27.1. The Kier molecular flexibility index (Phi) is 6.71. The second kappa shape index (κ2) is 9.98. The predicted octanol–water partition coefficient (Wildman–Crippen LogP) is 3.19. The zero-order valence-corrected chi connectivity index (χ0v) is 22.7. The van der Waals surface area contributed by atoms with E-state index in [1.54, 1.807) is 30.1 Å². The van der Waals surface area contributed by atoms with Gasteiger partial charge in [-0.25, -0.2) is 4.98 Å². The molecule has 198 valence electrons. The van der Waals surface area contributed by atoms with Crippen molar-refractivity contribution in [2.24, 2.45) is 12.8 Å². The molecule has 9 heteroatoms. The highest BCUT2D eigenvalue weighted by atomic mass is 16.1. The minimum Gasteiger partial charge on any atom is -0.388 e. The highest BCUT2D eigenvalue weighted by Crippen LogP contribution is 2.29. The number of nitrogens with one attached hydrogen (secondary N) is 1. The molecule has 4 heterocycles. The summed E-state index contributed by atoms with van der Waals surface area (Å²) in [5.41, 5.74) is 12.9. The molecule has 9 nitrogen and oxygen atoms in total. The van der Waals surface area contributed by atoms with Crippen molar-refractivity contribution in [1.29, 1.82) is 0 Å². The van der Waals surface area contributed by atoms with Gasteiger partial charge in [0.1, 0.15) is 5.65 Å². The number of rotatable bonds is 6. The van der Waals surface area contributed by atoms with Gasteiger partial charge in [-0.3, -0.25) is 19.1 Å². The topological polar surface area (TPSA) is 101 Å². The van der Waals surface area contributed by atoms with Crippen LogP contribution in [0.1, 0.15) is 34.1 Å². The first-order valence-electron chi connectivity index (χ1n) is 12.9. The van der Waals surface area contributed by atoms with Gasteiger partial charge in [0.15, 0.2) is 0 Å². The molecule has 0 bridgehead atoms. The molecule has 1 aliphatic rings. The largest absolute Gasteiger partial charge is 0.388 e. The van der Waals surface area contributed by atoms with Crippen LogP contribution in [0.4, 0.5) is 11.4 Å². The number of carbonyl (C=O) groups is 1. The highest BCUT2D eigenvalue weighted by Gasteiger charge is 2.27. The first kappa shape index (κ1) is 25.5. The van der Waals surface area contributed by atoms with Crippen molar-refractivity contribution in [2.45, 2.75) is 33.4 Å². The molecule has 0 spiro atoms. The van der Waals surface area contributed by atoms with Gasteiger partial charge in [0.2, 0.25) is 5.91 Å². The summed E-state index contributed by atoms with van der Waals surface area (Å²) in [5, 5.41) is 3.97. The van der Waals surface area contributed by atoms with E-state index in [9.17, 15) is 9.59 Å². The summed E-state index contributed by atoms with van der Waals surface area (Å²) in [6.07, 6.45) is 3.56. The van der Waals surface area contributed by atoms with Crippen molar-refractivity contribution < 1.29 is 4.79 Å². The van der Waals surface area contributed by atoms with Gasteiger partial charge in [-0.05, 0) is 62.2 Å². The molecule has 1 atom stereocenters. The molecule has 1 unspecified atom stereocenters. The summed E-state index contributed by atoms with van der Waals surface area (Å²) in [6, 6.07) is 11.7. The van der Waals surface area contributed by atoms with Crippen LogP contribution in [0, 0.1) is 13.8 Å². The Bertz CT molecular complexity index is 1590. The normalized spacial score (nSPS) is 16.2. The lowest BCUT2D eigenvalue weighted by molar-refractivity contribution is 0.0999. The number of benzene rings is 1. The number of nitrogens with zero attached hydrogens (tertiary/aromatic N) is 5. The molecule has 0 aliphatic carbocycles. The standard InChI is InChI=1S/C29H35N7O2/c1-18-16-35(25-7-6-23(28(30)38)19(2)20(25)3)13-12-34(18)17-22-15-24-26(8-10-32-29(24)33(22)5)36-11-9-21(31-4)14-27(36)37/h6-11,14-15,18,31H,12-13,16-17H2,1-5H3,(H2,30,38). The number of aryl methyl sites for hydroxylation is 1. The van der Waals surface area contributed by atoms with Gasteiger partial charge in [0.05, 0.1) is 5.69 Å². The Morgan fingerprint density at radius 3 is 2.58 bits per heavy atom. The SMILES string of the molecule is CNc1ccn(-c2ccnc3c2cc(CN2CCN(c4ccc(C(N)=O)c(C)c4C)CC2C)n3C)c(=O)c1. The van der Waals surface area contributed by atoms with Gasteiger partial charge in [0.25, 0.3) is 5.56 Å². The van der Waals surface area contributed by atoms with E-state index in [4.69, 9.17) is 5.73 Å². The Hall–Kier alpha value is -4.11. The van der Waals surface area contributed by atoms with E-state index in [0.29, 0.717) is 11.6 Å². The van der Waals surface area contributed by atoms with Crippen molar-refractivity contribution in [3.63, 3.8) is 0 Å². The molecular formula is C29H35N7O2. The summed E-state index contributed by atoms with van der Waals surface area (Å²) >= 11 is 0. The quantitative estimate of drug-likeness (QED) is 0.411. The third kappa shape index (κ3) is 4.43. The monoisotopic (exact) mass is 513 g/mol.